The van der Waals surface area contributed by atoms with Crippen LogP contribution in [0.5, 0.6) is 0 Å². The number of methoxy groups -OCH3 is 1. The summed E-state index contributed by atoms with van der Waals surface area (Å²) in [5.74, 6) is 0.0104. The molecule has 1 fully saturated rings. The van der Waals surface area contributed by atoms with E-state index >= 15 is 0 Å². The van der Waals surface area contributed by atoms with Crippen LogP contribution in [0.4, 0.5) is 0 Å². The molecule has 1 aliphatic rings. The summed E-state index contributed by atoms with van der Waals surface area (Å²) in [4.78, 5) is 18.5. The van der Waals surface area contributed by atoms with Crippen LogP contribution in [0.2, 0.25) is 0 Å². The fraction of sp³-hybridized carbons (Fsp3) is 0.467. The van der Waals surface area contributed by atoms with Crippen molar-refractivity contribution in [2.75, 3.05) is 20.2 Å². The first-order chi connectivity index (χ1) is 9.76. The third-order valence-corrected chi connectivity index (χ3v) is 4.84. The number of ether oxygens (including phenoxy) is 1. The molecule has 0 bridgehead atoms. The molecule has 2 heterocycles. The normalized spacial score (nSPS) is 17.4. The first-order valence-corrected chi connectivity index (χ1v) is 7.72. The molecule has 1 aromatic carbocycles. The number of carbonyl (C=O) groups is 1. The van der Waals surface area contributed by atoms with Gasteiger partial charge in [-0.1, -0.05) is 12.1 Å². The largest absolute Gasteiger partial charge is 0.469 e. The number of carbonyl (C=O) groups excluding carboxylic acids is 1. The summed E-state index contributed by atoms with van der Waals surface area (Å²) in [7, 11) is 1.47. The average molecular weight is 290 g/mol. The Labute approximate surface area is 122 Å². The number of para-hydroxylation sites is 1. The molecule has 20 heavy (non-hydrogen) atoms. The Morgan fingerprint density at radius 1 is 1.40 bits per heavy atom. The van der Waals surface area contributed by atoms with Gasteiger partial charge in [0, 0.05) is 0 Å². The zero-order chi connectivity index (χ0) is 13.9. The number of hydrogen-bond donors (Lipinski definition) is 0. The second-order valence-electron chi connectivity index (χ2n) is 5.15. The highest BCUT2D eigenvalue weighted by Gasteiger charge is 2.25. The topological polar surface area (TPSA) is 42.4 Å². The zero-order valence-corrected chi connectivity index (χ0v) is 12.4. The van der Waals surface area contributed by atoms with Crippen LogP contribution in [-0.2, 0) is 16.1 Å². The van der Waals surface area contributed by atoms with Gasteiger partial charge in [-0.25, -0.2) is 4.98 Å². The van der Waals surface area contributed by atoms with Gasteiger partial charge in [-0.15, -0.1) is 11.3 Å². The van der Waals surface area contributed by atoms with Crippen molar-refractivity contribution in [3.63, 3.8) is 0 Å². The standard InChI is InChI=1S/C15H18N2O2S/c1-19-15(18)11-6-8-17(9-7-11)10-14-16-12-4-2-3-5-13(12)20-14/h2-5,11H,6-10H2,1H3. The number of esters is 1. The molecule has 0 saturated carbocycles. The number of thiazole rings is 1. The second-order valence-corrected chi connectivity index (χ2v) is 6.26. The minimum atomic E-state index is -0.0652. The number of benzene rings is 1. The Hall–Kier alpha value is -1.46. The van der Waals surface area contributed by atoms with E-state index in [1.54, 1.807) is 11.3 Å². The molecule has 0 aliphatic carbocycles. The summed E-state index contributed by atoms with van der Waals surface area (Å²) in [5.41, 5.74) is 1.08. The summed E-state index contributed by atoms with van der Waals surface area (Å²) in [6.07, 6.45) is 1.77. The summed E-state index contributed by atoms with van der Waals surface area (Å²) >= 11 is 1.76. The number of hydrogen-bond acceptors (Lipinski definition) is 5. The molecule has 3 rings (SSSR count). The van der Waals surface area contributed by atoms with Crippen LogP contribution in [0.1, 0.15) is 17.8 Å². The smallest absolute Gasteiger partial charge is 0.308 e. The molecule has 1 aliphatic heterocycles. The number of rotatable bonds is 3. The minimum absolute atomic E-state index is 0.0652. The van der Waals surface area contributed by atoms with Gasteiger partial charge in [0.15, 0.2) is 0 Å². The van der Waals surface area contributed by atoms with Gasteiger partial charge in [-0.2, -0.15) is 0 Å². The molecule has 0 amide bonds. The minimum Gasteiger partial charge on any atom is -0.469 e. The molecule has 1 aromatic heterocycles. The molecule has 4 nitrogen and oxygen atoms in total. The maximum Gasteiger partial charge on any atom is 0.308 e. The lowest BCUT2D eigenvalue weighted by atomic mass is 9.97. The molecule has 1 saturated heterocycles. The highest BCUT2D eigenvalue weighted by molar-refractivity contribution is 7.18. The van der Waals surface area contributed by atoms with E-state index in [0.717, 1.165) is 43.0 Å². The van der Waals surface area contributed by atoms with Crippen molar-refractivity contribution in [3.05, 3.63) is 29.3 Å². The molecule has 106 valence electrons. The van der Waals surface area contributed by atoms with Gasteiger partial charge in [0.2, 0.25) is 0 Å². The van der Waals surface area contributed by atoms with E-state index in [0.29, 0.717) is 0 Å². The summed E-state index contributed by atoms with van der Waals surface area (Å²) in [5, 5.41) is 1.16. The first-order valence-electron chi connectivity index (χ1n) is 6.91. The Kier molecular flexibility index (Phi) is 3.98. The summed E-state index contributed by atoms with van der Waals surface area (Å²) in [6.45, 7) is 2.76. The predicted molar refractivity (Wildman–Crippen MR) is 79.6 cm³/mol. The van der Waals surface area contributed by atoms with E-state index in [-0.39, 0.29) is 11.9 Å². The molecule has 0 spiro atoms. The average Bonchev–Trinajstić information content (AvgIpc) is 2.89. The third-order valence-electron chi connectivity index (χ3n) is 3.82. The zero-order valence-electron chi connectivity index (χ0n) is 11.5. The predicted octanol–water partition coefficient (Wildman–Crippen LogP) is 2.68. The van der Waals surface area contributed by atoms with Crippen molar-refractivity contribution >= 4 is 27.5 Å². The van der Waals surface area contributed by atoms with Gasteiger partial charge in [0.05, 0.1) is 29.8 Å². The van der Waals surface area contributed by atoms with Crippen LogP contribution in [0.3, 0.4) is 0 Å². The van der Waals surface area contributed by atoms with Crippen molar-refractivity contribution < 1.29 is 9.53 Å². The van der Waals surface area contributed by atoms with Crippen molar-refractivity contribution in [2.45, 2.75) is 19.4 Å². The fourth-order valence-electron chi connectivity index (χ4n) is 2.67. The Morgan fingerprint density at radius 2 is 2.15 bits per heavy atom. The van der Waals surface area contributed by atoms with Crippen LogP contribution in [-0.4, -0.2) is 36.1 Å². The molecule has 0 N–H and O–H groups in total. The summed E-state index contributed by atoms with van der Waals surface area (Å²) < 4.78 is 6.06. The maximum atomic E-state index is 11.5. The Balaban J connectivity index is 1.60. The highest BCUT2D eigenvalue weighted by Crippen LogP contribution is 2.25. The van der Waals surface area contributed by atoms with Crippen molar-refractivity contribution in [2.24, 2.45) is 5.92 Å². The Bertz CT molecular complexity index is 570. The van der Waals surface area contributed by atoms with Crippen LogP contribution >= 0.6 is 11.3 Å². The molecule has 2 aromatic rings. The lowest BCUT2D eigenvalue weighted by molar-refractivity contribution is -0.147. The molecule has 0 radical (unpaired) electrons. The van der Waals surface area contributed by atoms with Crippen LogP contribution in [0.15, 0.2) is 24.3 Å². The molecule has 0 atom stereocenters. The number of piperidine rings is 1. The van der Waals surface area contributed by atoms with E-state index in [2.05, 4.69) is 22.0 Å². The van der Waals surface area contributed by atoms with Crippen molar-refractivity contribution in [1.82, 2.24) is 9.88 Å². The SMILES string of the molecule is COC(=O)C1CCN(Cc2nc3ccccc3s2)CC1. The lowest BCUT2D eigenvalue weighted by Gasteiger charge is -2.29. The quantitative estimate of drug-likeness (QED) is 0.815. The van der Waals surface area contributed by atoms with E-state index in [4.69, 9.17) is 4.74 Å². The van der Waals surface area contributed by atoms with E-state index in [1.807, 2.05) is 12.1 Å². The molecular weight excluding hydrogens is 272 g/mol. The van der Waals surface area contributed by atoms with E-state index in [9.17, 15) is 4.79 Å². The summed E-state index contributed by atoms with van der Waals surface area (Å²) in [6, 6.07) is 8.23. The van der Waals surface area contributed by atoms with Crippen molar-refractivity contribution in [3.8, 4) is 0 Å². The first kappa shape index (κ1) is 13.5. The molecule has 5 heteroatoms. The molecular formula is C15H18N2O2S. The Morgan fingerprint density at radius 3 is 2.85 bits per heavy atom. The number of nitrogens with zero attached hydrogens (tertiary/aromatic N) is 2. The van der Waals surface area contributed by atoms with Crippen molar-refractivity contribution in [1.29, 1.82) is 0 Å². The number of likely N-dealkylation sites (tertiary alicyclic amines) is 1. The van der Waals surface area contributed by atoms with E-state index < -0.39 is 0 Å². The third kappa shape index (κ3) is 2.83. The monoisotopic (exact) mass is 290 g/mol. The van der Waals surface area contributed by atoms with Gasteiger partial charge in [-0.05, 0) is 38.1 Å². The number of fused-ring (bicyclic) bond motifs is 1. The van der Waals surface area contributed by atoms with Gasteiger partial charge >= 0.3 is 5.97 Å². The van der Waals surface area contributed by atoms with Crippen LogP contribution in [0.25, 0.3) is 10.2 Å². The van der Waals surface area contributed by atoms with Gasteiger partial charge in [0.1, 0.15) is 5.01 Å². The number of aromatic nitrogens is 1. The van der Waals surface area contributed by atoms with Crippen LogP contribution in [0, 0.1) is 5.92 Å². The van der Waals surface area contributed by atoms with Gasteiger partial charge in [-0.3, -0.25) is 9.69 Å². The maximum absolute atomic E-state index is 11.5. The fourth-order valence-corrected chi connectivity index (χ4v) is 3.68. The lowest BCUT2D eigenvalue weighted by Crippen LogP contribution is -2.36. The van der Waals surface area contributed by atoms with Gasteiger partial charge in [0.25, 0.3) is 0 Å². The van der Waals surface area contributed by atoms with Gasteiger partial charge < -0.3 is 4.74 Å². The highest BCUT2D eigenvalue weighted by atomic mass is 32.1. The second kappa shape index (κ2) is 5.89. The van der Waals surface area contributed by atoms with E-state index in [1.165, 1.54) is 11.8 Å². The van der Waals surface area contributed by atoms with Crippen LogP contribution < -0.4 is 0 Å². The molecule has 0 unspecified atom stereocenters.